The first-order valence-corrected chi connectivity index (χ1v) is 5.33. The number of nitrogens with zero attached hydrogens (tertiary/aromatic N) is 2. The fourth-order valence-corrected chi connectivity index (χ4v) is 1.89. The number of phenolic OH excluding ortho intramolecular Hbond substituents is 1. The fourth-order valence-electron chi connectivity index (χ4n) is 1.89. The summed E-state index contributed by atoms with van der Waals surface area (Å²) in [4.78, 5) is 4.56. The van der Waals surface area contributed by atoms with Crippen molar-refractivity contribution in [2.75, 3.05) is 11.6 Å². The number of benzene rings is 1. The molecule has 0 aromatic heterocycles. The monoisotopic (exact) mass is 202 g/mol. The molecule has 0 unspecified atom stereocenters. The van der Waals surface area contributed by atoms with Crippen molar-refractivity contribution in [2.45, 2.75) is 18.9 Å². The van der Waals surface area contributed by atoms with Crippen LogP contribution in [-0.2, 0) is 0 Å². The van der Waals surface area contributed by atoms with Gasteiger partial charge in [-0.1, -0.05) is 0 Å². The van der Waals surface area contributed by atoms with Gasteiger partial charge in [-0.05, 0) is 37.1 Å². The predicted molar refractivity (Wildman–Crippen MR) is 59.5 cm³/mol. The van der Waals surface area contributed by atoms with Crippen molar-refractivity contribution in [3.05, 3.63) is 36.7 Å². The number of hydrogen-bond donors (Lipinski definition) is 1. The van der Waals surface area contributed by atoms with Crippen LogP contribution in [0.25, 0.3) is 0 Å². The van der Waals surface area contributed by atoms with Gasteiger partial charge >= 0.3 is 0 Å². The standard InChI is InChI=1S/C12H14N2O/c15-12-5-3-11(4-6-12)14-8-7-13(9-14)10-1-2-10/h3-8,10,15H,1-2,9H2. The van der Waals surface area contributed by atoms with E-state index in [0.717, 1.165) is 18.4 Å². The second-order valence-corrected chi connectivity index (χ2v) is 4.17. The van der Waals surface area contributed by atoms with E-state index in [0.29, 0.717) is 5.75 Å². The number of phenols is 1. The highest BCUT2D eigenvalue weighted by molar-refractivity contribution is 5.52. The zero-order chi connectivity index (χ0) is 10.3. The Morgan fingerprint density at radius 2 is 1.80 bits per heavy atom. The molecular formula is C12H14N2O. The summed E-state index contributed by atoms with van der Waals surface area (Å²) in [6, 6.07) is 8.10. The summed E-state index contributed by atoms with van der Waals surface area (Å²) in [5.74, 6) is 0.320. The Kier molecular flexibility index (Phi) is 1.84. The lowest BCUT2D eigenvalue weighted by molar-refractivity contribution is 0.397. The molecule has 78 valence electrons. The Labute approximate surface area is 89.2 Å². The minimum Gasteiger partial charge on any atom is -0.508 e. The van der Waals surface area contributed by atoms with Crippen molar-refractivity contribution in [3.8, 4) is 5.75 Å². The SMILES string of the molecule is Oc1ccc(N2C=CN(C3CC3)C2)cc1. The summed E-state index contributed by atoms with van der Waals surface area (Å²) in [5, 5.41) is 9.20. The van der Waals surface area contributed by atoms with Crippen LogP contribution >= 0.6 is 0 Å². The van der Waals surface area contributed by atoms with Crippen LogP contribution in [0.2, 0.25) is 0 Å². The molecule has 0 bridgehead atoms. The number of rotatable bonds is 2. The Hall–Kier alpha value is -1.64. The quantitative estimate of drug-likeness (QED) is 0.795. The summed E-state index contributed by atoms with van der Waals surface area (Å²) in [7, 11) is 0. The molecule has 1 aromatic carbocycles. The Morgan fingerprint density at radius 1 is 1.07 bits per heavy atom. The van der Waals surface area contributed by atoms with Gasteiger partial charge in [0.05, 0.1) is 6.67 Å². The smallest absolute Gasteiger partial charge is 0.115 e. The van der Waals surface area contributed by atoms with E-state index in [-0.39, 0.29) is 0 Å². The average molecular weight is 202 g/mol. The van der Waals surface area contributed by atoms with Crippen LogP contribution in [0, 0.1) is 0 Å². The van der Waals surface area contributed by atoms with Crippen LogP contribution in [0.1, 0.15) is 12.8 Å². The summed E-state index contributed by atoms with van der Waals surface area (Å²) in [5.41, 5.74) is 1.13. The largest absolute Gasteiger partial charge is 0.508 e. The van der Waals surface area contributed by atoms with Gasteiger partial charge in [0, 0.05) is 24.1 Å². The van der Waals surface area contributed by atoms with E-state index >= 15 is 0 Å². The zero-order valence-corrected chi connectivity index (χ0v) is 8.50. The fraction of sp³-hybridized carbons (Fsp3) is 0.333. The zero-order valence-electron chi connectivity index (χ0n) is 8.50. The lowest BCUT2D eigenvalue weighted by Crippen LogP contribution is -2.26. The van der Waals surface area contributed by atoms with Crippen molar-refractivity contribution >= 4 is 5.69 Å². The van der Waals surface area contributed by atoms with E-state index in [2.05, 4.69) is 22.2 Å². The minimum atomic E-state index is 0.320. The lowest BCUT2D eigenvalue weighted by Gasteiger charge is -2.20. The summed E-state index contributed by atoms with van der Waals surface area (Å²) in [6.07, 6.45) is 6.91. The van der Waals surface area contributed by atoms with E-state index in [9.17, 15) is 5.11 Å². The maximum absolute atomic E-state index is 9.20. The average Bonchev–Trinajstić information content (AvgIpc) is 2.99. The van der Waals surface area contributed by atoms with Gasteiger partial charge in [0.25, 0.3) is 0 Å². The van der Waals surface area contributed by atoms with Crippen molar-refractivity contribution in [1.82, 2.24) is 4.90 Å². The van der Waals surface area contributed by atoms with E-state index < -0.39 is 0 Å². The molecule has 1 aliphatic carbocycles. The number of anilines is 1. The van der Waals surface area contributed by atoms with Crippen molar-refractivity contribution in [1.29, 1.82) is 0 Å². The lowest BCUT2D eigenvalue weighted by atomic mass is 10.3. The molecule has 1 aromatic rings. The molecule has 0 spiro atoms. The first-order valence-electron chi connectivity index (χ1n) is 5.33. The van der Waals surface area contributed by atoms with Gasteiger partial charge in [-0.3, -0.25) is 0 Å². The van der Waals surface area contributed by atoms with Gasteiger partial charge in [0.1, 0.15) is 5.75 Å². The number of hydrogen-bond acceptors (Lipinski definition) is 3. The van der Waals surface area contributed by atoms with Crippen molar-refractivity contribution in [3.63, 3.8) is 0 Å². The van der Waals surface area contributed by atoms with E-state index in [1.165, 1.54) is 12.8 Å². The van der Waals surface area contributed by atoms with Crippen molar-refractivity contribution in [2.24, 2.45) is 0 Å². The van der Waals surface area contributed by atoms with Crippen LogP contribution < -0.4 is 4.90 Å². The summed E-state index contributed by atoms with van der Waals surface area (Å²) in [6.45, 7) is 0.940. The van der Waals surface area contributed by atoms with E-state index in [1.54, 1.807) is 12.1 Å². The molecule has 0 atom stereocenters. The molecule has 3 rings (SSSR count). The Balaban J connectivity index is 1.73. The summed E-state index contributed by atoms with van der Waals surface area (Å²) < 4.78 is 0. The Bertz CT molecular complexity index is 381. The van der Waals surface area contributed by atoms with Gasteiger partial charge < -0.3 is 14.9 Å². The first kappa shape index (κ1) is 8.65. The molecule has 0 saturated heterocycles. The third kappa shape index (κ3) is 1.65. The molecule has 0 amide bonds. The molecule has 3 nitrogen and oxygen atoms in total. The third-order valence-corrected chi connectivity index (χ3v) is 2.95. The molecular weight excluding hydrogens is 188 g/mol. The molecule has 2 aliphatic rings. The molecule has 15 heavy (non-hydrogen) atoms. The highest BCUT2D eigenvalue weighted by Crippen LogP contribution is 2.31. The third-order valence-electron chi connectivity index (χ3n) is 2.95. The van der Waals surface area contributed by atoms with Crippen LogP contribution in [0.3, 0.4) is 0 Å². The van der Waals surface area contributed by atoms with Crippen molar-refractivity contribution < 1.29 is 5.11 Å². The van der Waals surface area contributed by atoms with Gasteiger partial charge in [0.2, 0.25) is 0 Å². The van der Waals surface area contributed by atoms with Crippen LogP contribution in [-0.4, -0.2) is 22.7 Å². The maximum atomic E-state index is 9.20. The molecule has 3 heteroatoms. The Morgan fingerprint density at radius 3 is 2.47 bits per heavy atom. The van der Waals surface area contributed by atoms with E-state index in [4.69, 9.17) is 0 Å². The predicted octanol–water partition coefficient (Wildman–Crippen LogP) is 2.11. The topological polar surface area (TPSA) is 26.7 Å². The molecule has 1 aliphatic heterocycles. The second-order valence-electron chi connectivity index (χ2n) is 4.17. The maximum Gasteiger partial charge on any atom is 0.115 e. The van der Waals surface area contributed by atoms with E-state index in [1.807, 2.05) is 12.1 Å². The number of aromatic hydroxyl groups is 1. The normalized spacial score (nSPS) is 20.0. The van der Waals surface area contributed by atoms with Gasteiger partial charge in [-0.15, -0.1) is 0 Å². The van der Waals surface area contributed by atoms with Crippen LogP contribution in [0.15, 0.2) is 36.7 Å². The molecule has 1 heterocycles. The summed E-state index contributed by atoms with van der Waals surface area (Å²) >= 11 is 0. The molecule has 1 saturated carbocycles. The van der Waals surface area contributed by atoms with Gasteiger partial charge in [-0.2, -0.15) is 0 Å². The van der Waals surface area contributed by atoms with Crippen LogP contribution in [0.4, 0.5) is 5.69 Å². The molecule has 1 N–H and O–H groups in total. The molecule has 0 radical (unpaired) electrons. The second kappa shape index (κ2) is 3.19. The van der Waals surface area contributed by atoms with Crippen LogP contribution in [0.5, 0.6) is 5.75 Å². The minimum absolute atomic E-state index is 0.320. The molecule has 1 fully saturated rings. The van der Waals surface area contributed by atoms with Gasteiger partial charge in [-0.25, -0.2) is 0 Å². The highest BCUT2D eigenvalue weighted by Gasteiger charge is 2.30. The highest BCUT2D eigenvalue weighted by atomic mass is 16.3. The van der Waals surface area contributed by atoms with Gasteiger partial charge in [0.15, 0.2) is 0 Å². The first-order chi connectivity index (χ1) is 7.33.